The van der Waals surface area contributed by atoms with Crippen LogP contribution in [0.1, 0.15) is 11.3 Å². The lowest BCUT2D eigenvalue weighted by atomic mass is 10.3. The van der Waals surface area contributed by atoms with Crippen molar-refractivity contribution >= 4 is 32.7 Å². The van der Waals surface area contributed by atoms with Gasteiger partial charge in [-0.1, -0.05) is 24.3 Å². The van der Waals surface area contributed by atoms with Crippen molar-refractivity contribution in [2.75, 3.05) is 11.4 Å². The minimum Gasteiger partial charge on any atom is -0.495 e. The number of benzene rings is 1. The smallest absolute Gasteiger partial charge is 0.274 e. The third kappa shape index (κ3) is 3.36. The number of fused-ring (bicyclic) bond motifs is 1. The van der Waals surface area contributed by atoms with E-state index >= 15 is 0 Å². The standard InChI is InChI=1S/C20H19N3O3S2/c1-15-9-10-19-21-16(13-22(19)12-15)14-23(17-6-3-4-7-18(17)26-2)28(24,25)20-8-5-11-27-20/h3-13H,14H2,1-2H3. The molecule has 8 heteroatoms. The molecule has 3 aromatic heterocycles. The van der Waals surface area contributed by atoms with Crippen LogP contribution in [-0.2, 0) is 16.6 Å². The first-order valence-corrected chi connectivity index (χ1v) is 10.9. The van der Waals surface area contributed by atoms with Gasteiger partial charge in [-0.05, 0) is 42.1 Å². The second-order valence-electron chi connectivity index (χ2n) is 6.32. The number of aromatic nitrogens is 2. The Balaban J connectivity index is 1.82. The number of rotatable bonds is 6. The van der Waals surface area contributed by atoms with E-state index in [0.717, 1.165) is 11.2 Å². The average molecular weight is 414 g/mol. The number of nitrogens with zero attached hydrogens (tertiary/aromatic N) is 3. The summed E-state index contributed by atoms with van der Waals surface area (Å²) in [5.74, 6) is 0.488. The second kappa shape index (κ2) is 7.29. The predicted molar refractivity (Wildman–Crippen MR) is 111 cm³/mol. The molecule has 0 fully saturated rings. The van der Waals surface area contributed by atoms with Crippen molar-refractivity contribution < 1.29 is 13.2 Å². The van der Waals surface area contributed by atoms with Crippen molar-refractivity contribution in [3.63, 3.8) is 0 Å². The van der Waals surface area contributed by atoms with Crippen LogP contribution in [0.4, 0.5) is 5.69 Å². The van der Waals surface area contributed by atoms with E-state index in [1.54, 1.807) is 35.7 Å². The summed E-state index contributed by atoms with van der Waals surface area (Å²) in [7, 11) is -2.23. The summed E-state index contributed by atoms with van der Waals surface area (Å²) < 4.78 is 35.7. The van der Waals surface area contributed by atoms with Gasteiger partial charge in [-0.25, -0.2) is 13.4 Å². The summed E-state index contributed by atoms with van der Waals surface area (Å²) in [6.45, 7) is 2.10. The average Bonchev–Trinajstić information content (AvgIpc) is 3.35. The van der Waals surface area contributed by atoms with Crippen molar-refractivity contribution in [3.05, 3.63) is 77.6 Å². The number of thiophene rings is 1. The largest absolute Gasteiger partial charge is 0.495 e. The Bertz CT molecular complexity index is 1210. The number of pyridine rings is 1. The molecular weight excluding hydrogens is 394 g/mol. The number of hydrogen-bond acceptors (Lipinski definition) is 5. The van der Waals surface area contributed by atoms with Gasteiger partial charge >= 0.3 is 0 Å². The van der Waals surface area contributed by atoms with Gasteiger partial charge in [0.15, 0.2) is 0 Å². The fraction of sp³-hybridized carbons (Fsp3) is 0.150. The third-order valence-electron chi connectivity index (χ3n) is 4.35. The Morgan fingerprint density at radius 3 is 2.68 bits per heavy atom. The van der Waals surface area contributed by atoms with Crippen LogP contribution in [0.5, 0.6) is 5.75 Å². The molecule has 0 aliphatic carbocycles. The van der Waals surface area contributed by atoms with Crippen LogP contribution >= 0.6 is 11.3 Å². The summed E-state index contributed by atoms with van der Waals surface area (Å²) in [4.78, 5) is 4.59. The zero-order chi connectivity index (χ0) is 19.7. The molecule has 28 heavy (non-hydrogen) atoms. The first-order valence-electron chi connectivity index (χ1n) is 8.62. The normalized spacial score (nSPS) is 11.6. The minimum atomic E-state index is -3.76. The molecule has 144 valence electrons. The molecule has 4 rings (SSSR count). The van der Waals surface area contributed by atoms with Gasteiger partial charge in [-0.2, -0.15) is 0 Å². The molecule has 0 atom stereocenters. The Kier molecular flexibility index (Phi) is 4.82. The Labute approximate surface area is 167 Å². The lowest BCUT2D eigenvalue weighted by Crippen LogP contribution is -2.30. The number of anilines is 1. The zero-order valence-electron chi connectivity index (χ0n) is 15.4. The third-order valence-corrected chi connectivity index (χ3v) is 7.48. The van der Waals surface area contributed by atoms with Gasteiger partial charge in [0.1, 0.15) is 15.6 Å². The lowest BCUT2D eigenvalue weighted by molar-refractivity contribution is 0.415. The Morgan fingerprint density at radius 1 is 1.11 bits per heavy atom. The van der Waals surface area contributed by atoms with Crippen molar-refractivity contribution in [2.24, 2.45) is 0 Å². The summed E-state index contributed by atoms with van der Waals surface area (Å²) in [5.41, 5.74) is 3.00. The molecule has 0 spiro atoms. The van der Waals surface area contributed by atoms with Crippen LogP contribution in [0.15, 0.2) is 70.5 Å². The van der Waals surface area contributed by atoms with E-state index in [1.165, 1.54) is 22.8 Å². The van der Waals surface area contributed by atoms with E-state index in [-0.39, 0.29) is 10.8 Å². The molecule has 3 heterocycles. The maximum atomic E-state index is 13.4. The van der Waals surface area contributed by atoms with E-state index in [0.29, 0.717) is 17.1 Å². The highest BCUT2D eigenvalue weighted by Crippen LogP contribution is 2.34. The first kappa shape index (κ1) is 18.5. The van der Waals surface area contributed by atoms with E-state index in [9.17, 15) is 8.42 Å². The summed E-state index contributed by atoms with van der Waals surface area (Å²) in [6, 6.07) is 14.3. The highest BCUT2D eigenvalue weighted by atomic mass is 32.2. The summed E-state index contributed by atoms with van der Waals surface area (Å²) in [5, 5.41) is 1.75. The fourth-order valence-electron chi connectivity index (χ4n) is 3.03. The number of hydrogen-bond donors (Lipinski definition) is 0. The lowest BCUT2D eigenvalue weighted by Gasteiger charge is -2.24. The van der Waals surface area contributed by atoms with Gasteiger partial charge in [0.05, 0.1) is 25.0 Å². The van der Waals surface area contributed by atoms with Crippen LogP contribution in [0.25, 0.3) is 5.65 Å². The van der Waals surface area contributed by atoms with Crippen LogP contribution in [0, 0.1) is 6.92 Å². The maximum absolute atomic E-state index is 13.4. The van der Waals surface area contributed by atoms with Crippen molar-refractivity contribution in [3.8, 4) is 5.75 Å². The summed E-state index contributed by atoms with van der Waals surface area (Å²) in [6.07, 6.45) is 3.82. The Hall–Kier alpha value is -2.84. The van der Waals surface area contributed by atoms with E-state index < -0.39 is 10.0 Å². The molecule has 1 aromatic carbocycles. The molecule has 4 aromatic rings. The molecule has 0 saturated carbocycles. The highest BCUT2D eigenvalue weighted by molar-refractivity contribution is 7.94. The number of sulfonamides is 1. The predicted octanol–water partition coefficient (Wildman–Crippen LogP) is 4.11. The van der Waals surface area contributed by atoms with Gasteiger partial charge in [0.25, 0.3) is 10.0 Å². The molecule has 0 saturated heterocycles. The van der Waals surface area contributed by atoms with Crippen molar-refractivity contribution in [1.29, 1.82) is 0 Å². The molecular formula is C20H19N3O3S2. The van der Waals surface area contributed by atoms with E-state index in [2.05, 4.69) is 4.98 Å². The summed E-state index contributed by atoms with van der Waals surface area (Å²) >= 11 is 1.19. The van der Waals surface area contributed by atoms with Crippen LogP contribution in [0.2, 0.25) is 0 Å². The fourth-order valence-corrected chi connectivity index (χ4v) is 5.58. The number of ether oxygens (including phenoxy) is 1. The molecule has 0 N–H and O–H groups in total. The van der Waals surface area contributed by atoms with Crippen LogP contribution in [-0.4, -0.2) is 24.9 Å². The molecule has 0 aliphatic heterocycles. The second-order valence-corrected chi connectivity index (χ2v) is 9.36. The first-order chi connectivity index (χ1) is 13.5. The van der Waals surface area contributed by atoms with Crippen molar-refractivity contribution in [1.82, 2.24) is 9.38 Å². The number of para-hydroxylation sites is 2. The van der Waals surface area contributed by atoms with Crippen LogP contribution < -0.4 is 9.04 Å². The molecule has 0 radical (unpaired) electrons. The maximum Gasteiger partial charge on any atom is 0.274 e. The zero-order valence-corrected chi connectivity index (χ0v) is 17.1. The monoisotopic (exact) mass is 413 g/mol. The number of methoxy groups -OCH3 is 1. The Morgan fingerprint density at radius 2 is 1.93 bits per heavy atom. The highest BCUT2D eigenvalue weighted by Gasteiger charge is 2.29. The molecule has 0 bridgehead atoms. The van der Waals surface area contributed by atoms with Crippen molar-refractivity contribution in [2.45, 2.75) is 17.7 Å². The topological polar surface area (TPSA) is 63.9 Å². The van der Waals surface area contributed by atoms with Gasteiger partial charge in [-0.3, -0.25) is 4.31 Å². The van der Waals surface area contributed by atoms with E-state index in [4.69, 9.17) is 4.74 Å². The minimum absolute atomic E-state index is 0.0985. The molecule has 0 unspecified atom stereocenters. The molecule has 0 amide bonds. The van der Waals surface area contributed by atoms with Gasteiger partial charge in [-0.15, -0.1) is 11.3 Å². The van der Waals surface area contributed by atoms with Gasteiger partial charge in [0, 0.05) is 12.4 Å². The quantitative estimate of drug-likeness (QED) is 0.477. The number of imidazole rings is 1. The molecule has 0 aliphatic rings. The number of aryl methyl sites for hydroxylation is 1. The SMILES string of the molecule is COc1ccccc1N(Cc1cn2cc(C)ccc2n1)S(=O)(=O)c1cccs1. The molecule has 6 nitrogen and oxygen atoms in total. The van der Waals surface area contributed by atoms with Gasteiger partial charge < -0.3 is 9.14 Å². The van der Waals surface area contributed by atoms with E-state index in [1.807, 2.05) is 41.9 Å². The van der Waals surface area contributed by atoms with Crippen LogP contribution in [0.3, 0.4) is 0 Å². The van der Waals surface area contributed by atoms with Gasteiger partial charge in [0.2, 0.25) is 0 Å².